The molecule has 3 aromatic rings. The van der Waals surface area contributed by atoms with Crippen LogP contribution in [0.25, 0.3) is 22.0 Å². The molecule has 8 heteroatoms. The fraction of sp³-hybridized carbons (Fsp3) is 0.474. The van der Waals surface area contributed by atoms with Crippen LogP contribution in [0, 0.1) is 0 Å². The minimum Gasteiger partial charge on any atom is -0.383 e. The van der Waals surface area contributed by atoms with E-state index >= 15 is 0 Å². The van der Waals surface area contributed by atoms with E-state index in [2.05, 4.69) is 31.9 Å². The van der Waals surface area contributed by atoms with Crippen LogP contribution in [0.2, 0.25) is 0 Å². The van der Waals surface area contributed by atoms with Crippen LogP contribution in [-0.2, 0) is 7.05 Å². The Morgan fingerprint density at radius 3 is 2.63 bits per heavy atom. The smallest absolute Gasteiger partial charge is 0.227 e. The van der Waals surface area contributed by atoms with E-state index in [0.29, 0.717) is 17.9 Å². The minimum atomic E-state index is 0.457. The van der Waals surface area contributed by atoms with Gasteiger partial charge in [-0.05, 0) is 19.9 Å². The number of nitrogens with two attached hydrogens (primary N) is 1. The van der Waals surface area contributed by atoms with Crippen LogP contribution >= 0.6 is 0 Å². The fourth-order valence-corrected chi connectivity index (χ4v) is 4.57. The minimum absolute atomic E-state index is 0.457. The molecule has 0 bridgehead atoms. The van der Waals surface area contributed by atoms with Gasteiger partial charge in [0, 0.05) is 48.8 Å². The molecule has 27 heavy (non-hydrogen) atoms. The van der Waals surface area contributed by atoms with Gasteiger partial charge in [0.05, 0.1) is 23.8 Å². The van der Waals surface area contributed by atoms with Crippen molar-refractivity contribution >= 4 is 22.7 Å². The lowest BCUT2D eigenvalue weighted by Gasteiger charge is -2.31. The summed E-state index contributed by atoms with van der Waals surface area (Å²) in [6, 6.07) is 1.08. The van der Waals surface area contributed by atoms with Crippen molar-refractivity contribution in [1.29, 1.82) is 0 Å². The number of nitrogens with zero attached hydrogens (tertiary/aromatic N) is 7. The summed E-state index contributed by atoms with van der Waals surface area (Å²) in [6.45, 7) is 0.865. The molecule has 4 heterocycles. The van der Waals surface area contributed by atoms with E-state index in [9.17, 15) is 0 Å². The lowest BCUT2D eigenvalue weighted by atomic mass is 9.90. The second kappa shape index (κ2) is 6.16. The molecule has 2 N–H and O–H groups in total. The third-order valence-corrected chi connectivity index (χ3v) is 5.95. The Kier molecular flexibility index (Phi) is 3.75. The first-order valence-corrected chi connectivity index (χ1v) is 9.49. The number of anilines is 2. The second-order valence-electron chi connectivity index (χ2n) is 7.68. The molecular weight excluding hydrogens is 340 g/mol. The van der Waals surface area contributed by atoms with E-state index < -0.39 is 0 Å². The van der Waals surface area contributed by atoms with Crippen molar-refractivity contribution in [2.24, 2.45) is 7.05 Å². The fourth-order valence-electron chi connectivity index (χ4n) is 4.57. The number of fused-ring (bicyclic) bond motifs is 2. The van der Waals surface area contributed by atoms with Gasteiger partial charge in [-0.2, -0.15) is 5.10 Å². The highest BCUT2D eigenvalue weighted by Gasteiger charge is 2.40. The molecule has 140 valence electrons. The van der Waals surface area contributed by atoms with Gasteiger partial charge in [0.25, 0.3) is 0 Å². The van der Waals surface area contributed by atoms with E-state index in [1.54, 1.807) is 10.9 Å². The van der Waals surface area contributed by atoms with E-state index in [1.807, 2.05) is 25.6 Å². The highest BCUT2D eigenvalue weighted by Crippen LogP contribution is 2.35. The van der Waals surface area contributed by atoms with Gasteiger partial charge in [-0.1, -0.05) is 12.8 Å². The predicted octanol–water partition coefficient (Wildman–Crippen LogP) is 2.03. The van der Waals surface area contributed by atoms with Gasteiger partial charge >= 0.3 is 0 Å². The molecule has 0 amide bonds. The van der Waals surface area contributed by atoms with Gasteiger partial charge in [0.1, 0.15) is 5.82 Å². The van der Waals surface area contributed by atoms with E-state index in [0.717, 1.165) is 34.6 Å². The van der Waals surface area contributed by atoms with Crippen molar-refractivity contribution in [2.45, 2.75) is 37.8 Å². The van der Waals surface area contributed by atoms with Crippen LogP contribution in [0.15, 0.2) is 24.8 Å². The SMILES string of the molecule is CN1CN(c2ncc3c(N)ncc(-c4cnn(C)c4)c3n2)[C@@H]2CCCC[C@@H]21. The summed E-state index contributed by atoms with van der Waals surface area (Å²) >= 11 is 0. The van der Waals surface area contributed by atoms with Gasteiger partial charge in [-0.25, -0.2) is 15.0 Å². The number of pyridine rings is 1. The monoisotopic (exact) mass is 364 g/mol. The Hall–Kier alpha value is -2.74. The third-order valence-electron chi connectivity index (χ3n) is 5.95. The molecule has 1 saturated carbocycles. The molecule has 0 spiro atoms. The molecule has 0 radical (unpaired) electrons. The summed E-state index contributed by atoms with van der Waals surface area (Å²) < 4.78 is 1.78. The molecule has 2 aliphatic rings. The maximum atomic E-state index is 6.11. The van der Waals surface area contributed by atoms with Crippen LogP contribution in [0.5, 0.6) is 0 Å². The zero-order valence-electron chi connectivity index (χ0n) is 15.7. The highest BCUT2D eigenvalue weighted by atomic mass is 15.4. The van der Waals surface area contributed by atoms with Crippen molar-refractivity contribution in [1.82, 2.24) is 29.6 Å². The zero-order chi connectivity index (χ0) is 18.5. The highest BCUT2D eigenvalue weighted by molar-refractivity contribution is 5.98. The van der Waals surface area contributed by atoms with Gasteiger partial charge < -0.3 is 10.6 Å². The number of aryl methyl sites for hydroxylation is 1. The summed E-state index contributed by atoms with van der Waals surface area (Å²) in [7, 11) is 4.10. The summed E-state index contributed by atoms with van der Waals surface area (Å²) in [4.78, 5) is 18.7. The summed E-state index contributed by atoms with van der Waals surface area (Å²) in [5, 5.41) is 5.07. The number of nitrogen functional groups attached to an aromatic ring is 1. The van der Waals surface area contributed by atoms with Gasteiger partial charge in [0.2, 0.25) is 5.95 Å². The van der Waals surface area contributed by atoms with Crippen molar-refractivity contribution < 1.29 is 0 Å². The van der Waals surface area contributed by atoms with Gasteiger partial charge in [-0.3, -0.25) is 9.58 Å². The maximum Gasteiger partial charge on any atom is 0.227 e. The Morgan fingerprint density at radius 1 is 1.04 bits per heavy atom. The zero-order valence-corrected chi connectivity index (χ0v) is 15.7. The van der Waals surface area contributed by atoms with Crippen LogP contribution < -0.4 is 10.6 Å². The Bertz CT molecular complexity index is 997. The Labute approximate surface area is 158 Å². The van der Waals surface area contributed by atoms with Gasteiger partial charge in [-0.15, -0.1) is 0 Å². The van der Waals surface area contributed by atoms with Crippen LogP contribution in [0.3, 0.4) is 0 Å². The average Bonchev–Trinajstić information content (AvgIpc) is 3.26. The summed E-state index contributed by atoms with van der Waals surface area (Å²) in [5.41, 5.74) is 8.86. The van der Waals surface area contributed by atoms with Crippen LogP contribution in [0.1, 0.15) is 25.7 Å². The van der Waals surface area contributed by atoms with Crippen molar-refractivity contribution in [3.63, 3.8) is 0 Å². The lowest BCUT2D eigenvalue weighted by molar-refractivity contribution is 0.247. The van der Waals surface area contributed by atoms with E-state index in [1.165, 1.54) is 25.7 Å². The molecule has 2 atom stereocenters. The van der Waals surface area contributed by atoms with E-state index in [-0.39, 0.29) is 0 Å². The largest absolute Gasteiger partial charge is 0.383 e. The Balaban J connectivity index is 1.62. The molecule has 0 aromatic carbocycles. The molecule has 0 unspecified atom stereocenters. The summed E-state index contributed by atoms with van der Waals surface area (Å²) in [6.07, 6.45) is 12.4. The van der Waals surface area contributed by atoms with Crippen molar-refractivity contribution in [3.8, 4) is 11.1 Å². The summed E-state index contributed by atoms with van der Waals surface area (Å²) in [5.74, 6) is 1.23. The first kappa shape index (κ1) is 16.4. The molecule has 1 aliphatic heterocycles. The van der Waals surface area contributed by atoms with Gasteiger partial charge in [0.15, 0.2) is 0 Å². The molecule has 1 saturated heterocycles. The molecule has 8 nitrogen and oxygen atoms in total. The topological polar surface area (TPSA) is 89.0 Å². The molecule has 2 fully saturated rings. The van der Waals surface area contributed by atoms with Crippen molar-refractivity contribution in [2.75, 3.05) is 24.3 Å². The average molecular weight is 364 g/mol. The first-order chi connectivity index (χ1) is 13.1. The van der Waals surface area contributed by atoms with E-state index in [4.69, 9.17) is 10.7 Å². The molecule has 5 rings (SSSR count). The number of hydrogen-bond donors (Lipinski definition) is 1. The Morgan fingerprint density at radius 2 is 1.85 bits per heavy atom. The quantitative estimate of drug-likeness (QED) is 0.744. The number of hydrogen-bond acceptors (Lipinski definition) is 7. The molecule has 1 aliphatic carbocycles. The van der Waals surface area contributed by atoms with Crippen LogP contribution in [-0.4, -0.2) is 55.4 Å². The number of aromatic nitrogens is 5. The molecule has 3 aromatic heterocycles. The normalized spacial score (nSPS) is 23.1. The number of rotatable bonds is 2. The van der Waals surface area contributed by atoms with Crippen molar-refractivity contribution in [3.05, 3.63) is 24.8 Å². The maximum absolute atomic E-state index is 6.11. The van der Waals surface area contributed by atoms with Crippen LogP contribution in [0.4, 0.5) is 11.8 Å². The standard InChI is InChI=1S/C19H24N8/c1-25-11-27(16-6-4-3-5-15(16)25)19-22-9-14-17(24-19)13(8-21-18(14)20)12-7-23-26(2)10-12/h7-10,15-16H,3-6,11H2,1-2H3,(H2,20,21)/t15-,16+/m0/s1. The first-order valence-electron chi connectivity index (χ1n) is 9.49. The number of likely N-dealkylation sites (N-methyl/N-ethyl adjacent to an activating group) is 1. The predicted molar refractivity (Wildman–Crippen MR) is 105 cm³/mol. The lowest BCUT2D eigenvalue weighted by Crippen LogP contribution is -2.39. The second-order valence-corrected chi connectivity index (χ2v) is 7.68. The molecular formula is C19H24N8. The third kappa shape index (κ3) is 2.63.